The van der Waals surface area contributed by atoms with Crippen LogP contribution < -0.4 is 0 Å². The van der Waals surface area contributed by atoms with Crippen LogP contribution in [0.15, 0.2) is 0 Å². The molecule has 1 aliphatic rings. The van der Waals surface area contributed by atoms with Gasteiger partial charge in [-0.3, -0.25) is 4.52 Å². The molecule has 0 bridgehead atoms. The largest absolute Gasteiger partial charge is 0.472 e. The Morgan fingerprint density at radius 1 is 1.29 bits per heavy atom. The molecule has 5 N–H and O–H groups in total. The van der Waals surface area contributed by atoms with Gasteiger partial charge in [-0.1, -0.05) is 0 Å². The molecule has 0 aromatic rings. The van der Waals surface area contributed by atoms with Gasteiger partial charge in [-0.05, 0) is 0 Å². The van der Waals surface area contributed by atoms with Crippen LogP contribution in [-0.2, 0) is 13.8 Å². The van der Waals surface area contributed by atoms with Crippen LogP contribution in [0.3, 0.4) is 0 Å². The SMILES string of the molecule is O=P(O)(O)OC1O[C@H](CO)[C@@H](O)[C@H]1O. The Bertz CT molecular complexity index is 238. The number of hydrogen-bond donors (Lipinski definition) is 5. The number of phosphoric ester groups is 1. The lowest BCUT2D eigenvalue weighted by Crippen LogP contribution is -2.34. The third-order valence-corrected chi connectivity index (χ3v) is 2.22. The molecule has 1 unspecified atom stereocenters. The number of phosphoric acid groups is 1. The maximum absolute atomic E-state index is 10.4. The fraction of sp³-hybridized carbons (Fsp3) is 1.00. The van der Waals surface area contributed by atoms with Gasteiger partial charge in [-0.25, -0.2) is 4.57 Å². The molecule has 0 aromatic carbocycles. The second-order valence-electron chi connectivity index (χ2n) is 2.80. The summed E-state index contributed by atoms with van der Waals surface area (Å²) in [5.74, 6) is 0. The number of aliphatic hydroxyl groups excluding tert-OH is 3. The third kappa shape index (κ3) is 2.72. The van der Waals surface area contributed by atoms with Crippen molar-refractivity contribution in [2.45, 2.75) is 24.6 Å². The molecule has 1 saturated heterocycles. The molecule has 8 nitrogen and oxygen atoms in total. The van der Waals surface area contributed by atoms with E-state index >= 15 is 0 Å². The van der Waals surface area contributed by atoms with Gasteiger partial charge in [0.2, 0.25) is 0 Å². The summed E-state index contributed by atoms with van der Waals surface area (Å²) in [5, 5.41) is 26.9. The van der Waals surface area contributed by atoms with Crippen LogP contribution >= 0.6 is 7.82 Å². The van der Waals surface area contributed by atoms with Gasteiger partial charge in [0.15, 0.2) is 6.29 Å². The first-order chi connectivity index (χ1) is 6.35. The Hall–Kier alpha value is -0.0500. The Morgan fingerprint density at radius 2 is 1.86 bits per heavy atom. The molecule has 0 spiro atoms. The molecule has 0 radical (unpaired) electrons. The minimum Gasteiger partial charge on any atom is -0.394 e. The quantitative estimate of drug-likeness (QED) is 0.336. The second-order valence-corrected chi connectivity index (χ2v) is 3.99. The van der Waals surface area contributed by atoms with E-state index in [1.54, 1.807) is 0 Å². The highest BCUT2D eigenvalue weighted by atomic mass is 31.2. The zero-order valence-electron chi connectivity index (χ0n) is 6.92. The van der Waals surface area contributed by atoms with Crippen molar-refractivity contribution in [3.63, 3.8) is 0 Å². The Balaban J connectivity index is 2.61. The molecule has 4 atom stereocenters. The van der Waals surface area contributed by atoms with Gasteiger partial charge >= 0.3 is 7.82 Å². The summed E-state index contributed by atoms with van der Waals surface area (Å²) in [6.07, 6.45) is -5.78. The lowest BCUT2D eigenvalue weighted by molar-refractivity contribution is -0.126. The van der Waals surface area contributed by atoms with Crippen molar-refractivity contribution < 1.29 is 38.9 Å². The normalized spacial score (nSPS) is 38.9. The number of hydrogen-bond acceptors (Lipinski definition) is 6. The maximum Gasteiger partial charge on any atom is 0.472 e. The smallest absolute Gasteiger partial charge is 0.394 e. The summed E-state index contributed by atoms with van der Waals surface area (Å²) in [5.41, 5.74) is 0. The minimum atomic E-state index is -4.79. The standard InChI is InChI=1S/C5H11O8P/c6-1-2-3(7)4(8)5(12-2)13-14(9,10)11/h2-8H,1H2,(H2,9,10,11)/t2-,3-,4-,5?/m1/s1. The topological polar surface area (TPSA) is 137 Å². The van der Waals surface area contributed by atoms with Gasteiger partial charge in [0.25, 0.3) is 0 Å². The molecule has 0 amide bonds. The molecular formula is C5H11O8P. The molecular weight excluding hydrogens is 219 g/mol. The molecule has 0 aromatic heterocycles. The van der Waals surface area contributed by atoms with E-state index in [9.17, 15) is 4.57 Å². The monoisotopic (exact) mass is 230 g/mol. The average molecular weight is 230 g/mol. The van der Waals surface area contributed by atoms with E-state index in [-0.39, 0.29) is 0 Å². The zero-order valence-corrected chi connectivity index (χ0v) is 7.82. The van der Waals surface area contributed by atoms with E-state index in [0.717, 1.165) is 0 Å². The zero-order chi connectivity index (χ0) is 10.9. The predicted octanol–water partition coefficient (Wildman–Crippen LogP) is -2.47. The van der Waals surface area contributed by atoms with Crippen molar-refractivity contribution >= 4 is 7.82 Å². The molecule has 9 heteroatoms. The van der Waals surface area contributed by atoms with Crippen LogP contribution in [0.5, 0.6) is 0 Å². The fourth-order valence-electron chi connectivity index (χ4n) is 1.09. The summed E-state index contributed by atoms with van der Waals surface area (Å²) in [4.78, 5) is 16.8. The summed E-state index contributed by atoms with van der Waals surface area (Å²) in [7, 11) is -4.79. The molecule has 1 aliphatic heterocycles. The Morgan fingerprint density at radius 3 is 2.21 bits per heavy atom. The Kier molecular flexibility index (Phi) is 3.62. The van der Waals surface area contributed by atoms with Gasteiger partial charge in [0.1, 0.15) is 18.3 Å². The molecule has 0 aliphatic carbocycles. The van der Waals surface area contributed by atoms with E-state index in [1.807, 2.05) is 0 Å². The minimum absolute atomic E-state index is 0.584. The first kappa shape index (κ1) is 12.0. The van der Waals surface area contributed by atoms with Crippen molar-refractivity contribution in [3.05, 3.63) is 0 Å². The van der Waals surface area contributed by atoms with E-state index < -0.39 is 39.0 Å². The van der Waals surface area contributed by atoms with Crippen molar-refractivity contribution in [1.29, 1.82) is 0 Å². The molecule has 84 valence electrons. The first-order valence-corrected chi connectivity index (χ1v) is 5.24. The van der Waals surface area contributed by atoms with Crippen molar-refractivity contribution in [2.75, 3.05) is 6.61 Å². The predicted molar refractivity (Wildman–Crippen MR) is 40.9 cm³/mol. The van der Waals surface area contributed by atoms with Crippen LogP contribution in [0.25, 0.3) is 0 Å². The molecule has 1 rings (SSSR count). The van der Waals surface area contributed by atoms with Crippen molar-refractivity contribution in [1.82, 2.24) is 0 Å². The van der Waals surface area contributed by atoms with Crippen LogP contribution in [-0.4, -0.2) is 56.3 Å². The Labute approximate surface area is 78.9 Å². The lowest BCUT2D eigenvalue weighted by atomic mass is 10.1. The average Bonchev–Trinajstić information content (AvgIpc) is 2.30. The summed E-state index contributed by atoms with van der Waals surface area (Å²) < 4.78 is 19.1. The van der Waals surface area contributed by atoms with E-state index in [1.165, 1.54) is 0 Å². The summed E-state index contributed by atoms with van der Waals surface area (Å²) >= 11 is 0. The van der Waals surface area contributed by atoms with Crippen LogP contribution in [0.2, 0.25) is 0 Å². The highest BCUT2D eigenvalue weighted by molar-refractivity contribution is 7.46. The first-order valence-electron chi connectivity index (χ1n) is 3.71. The maximum atomic E-state index is 10.4. The second kappa shape index (κ2) is 4.21. The van der Waals surface area contributed by atoms with Crippen molar-refractivity contribution in [3.8, 4) is 0 Å². The van der Waals surface area contributed by atoms with E-state index in [2.05, 4.69) is 9.26 Å². The highest BCUT2D eigenvalue weighted by Crippen LogP contribution is 2.40. The molecule has 14 heavy (non-hydrogen) atoms. The molecule has 0 saturated carbocycles. The summed E-state index contributed by atoms with van der Waals surface area (Å²) in [6, 6.07) is 0. The van der Waals surface area contributed by atoms with Crippen molar-refractivity contribution in [2.24, 2.45) is 0 Å². The number of aliphatic hydroxyl groups is 3. The van der Waals surface area contributed by atoms with Gasteiger partial charge in [-0.15, -0.1) is 0 Å². The molecule has 1 heterocycles. The van der Waals surface area contributed by atoms with Gasteiger partial charge in [0, 0.05) is 0 Å². The number of ether oxygens (including phenoxy) is 1. The van der Waals surface area contributed by atoms with Gasteiger partial charge in [0.05, 0.1) is 6.61 Å². The van der Waals surface area contributed by atoms with Crippen LogP contribution in [0, 0.1) is 0 Å². The highest BCUT2D eigenvalue weighted by Gasteiger charge is 2.45. The van der Waals surface area contributed by atoms with Gasteiger partial charge < -0.3 is 29.8 Å². The fourth-order valence-corrected chi connectivity index (χ4v) is 1.53. The van der Waals surface area contributed by atoms with Crippen LogP contribution in [0.1, 0.15) is 0 Å². The lowest BCUT2D eigenvalue weighted by Gasteiger charge is -2.15. The van der Waals surface area contributed by atoms with Gasteiger partial charge in [-0.2, -0.15) is 0 Å². The molecule has 1 fully saturated rings. The van der Waals surface area contributed by atoms with E-state index in [0.29, 0.717) is 0 Å². The third-order valence-electron chi connectivity index (χ3n) is 1.74. The van der Waals surface area contributed by atoms with Crippen LogP contribution in [0.4, 0.5) is 0 Å². The summed E-state index contributed by atoms with van der Waals surface area (Å²) in [6.45, 7) is -0.584. The number of rotatable bonds is 3. The van der Waals surface area contributed by atoms with E-state index in [4.69, 9.17) is 25.1 Å².